The molecule has 0 aromatic heterocycles. The van der Waals surface area contributed by atoms with Gasteiger partial charge in [-0.05, 0) is 26.7 Å². The van der Waals surface area contributed by atoms with Gasteiger partial charge in [0.25, 0.3) is 0 Å². The number of ether oxygens (including phenoxy) is 1. The van der Waals surface area contributed by atoms with E-state index < -0.39 is 0 Å². The van der Waals surface area contributed by atoms with E-state index in [1.807, 2.05) is 13.8 Å². The molecule has 0 aromatic rings. The number of unbranched alkanes of at least 4 members (excludes halogenated alkanes) is 1. The summed E-state index contributed by atoms with van der Waals surface area (Å²) in [5.74, 6) is -0.195. The number of carbonyl (C=O) groups is 2. The number of hydrogen-bond donors (Lipinski definition) is 0. The first-order valence-electron chi connectivity index (χ1n) is 7.04. The molecule has 0 aliphatic heterocycles. The van der Waals surface area contributed by atoms with E-state index in [-0.39, 0.29) is 24.3 Å². The van der Waals surface area contributed by atoms with Gasteiger partial charge in [-0.25, -0.2) is 0 Å². The van der Waals surface area contributed by atoms with Crippen molar-refractivity contribution in [3.63, 3.8) is 0 Å². The summed E-state index contributed by atoms with van der Waals surface area (Å²) in [6.07, 6.45) is 3.89. The zero-order valence-electron chi connectivity index (χ0n) is 12.2. The van der Waals surface area contributed by atoms with Gasteiger partial charge in [0.15, 0.2) is 0 Å². The summed E-state index contributed by atoms with van der Waals surface area (Å²) in [6, 6.07) is 0. The van der Waals surface area contributed by atoms with Gasteiger partial charge in [0.05, 0.1) is 6.61 Å². The van der Waals surface area contributed by atoms with Crippen LogP contribution in [0.1, 0.15) is 53.4 Å². The summed E-state index contributed by atoms with van der Waals surface area (Å²) < 4.78 is 4.89. The second-order valence-electron chi connectivity index (χ2n) is 4.40. The fourth-order valence-electron chi connectivity index (χ4n) is 1.92. The Bertz CT molecular complexity index is 253. The van der Waals surface area contributed by atoms with Gasteiger partial charge in [0.2, 0.25) is 5.91 Å². The fraction of sp³-hybridized carbons (Fsp3) is 0.857. The van der Waals surface area contributed by atoms with Crippen molar-refractivity contribution in [2.24, 2.45) is 5.92 Å². The molecule has 0 spiro atoms. The molecule has 0 bridgehead atoms. The van der Waals surface area contributed by atoms with E-state index in [1.165, 1.54) is 0 Å². The zero-order valence-corrected chi connectivity index (χ0v) is 12.2. The first-order valence-corrected chi connectivity index (χ1v) is 7.04. The van der Waals surface area contributed by atoms with Crippen LogP contribution in [0, 0.1) is 5.92 Å². The average Bonchev–Trinajstić information content (AvgIpc) is 2.36. The highest BCUT2D eigenvalue weighted by Gasteiger charge is 2.23. The van der Waals surface area contributed by atoms with Crippen LogP contribution in [0.25, 0.3) is 0 Å². The van der Waals surface area contributed by atoms with E-state index in [0.29, 0.717) is 13.2 Å². The Hall–Kier alpha value is -1.06. The minimum atomic E-state index is -0.321. The van der Waals surface area contributed by atoms with Crippen LogP contribution in [-0.2, 0) is 14.3 Å². The van der Waals surface area contributed by atoms with Gasteiger partial charge in [-0.3, -0.25) is 9.59 Å². The molecule has 0 fully saturated rings. The van der Waals surface area contributed by atoms with Gasteiger partial charge >= 0.3 is 5.97 Å². The quantitative estimate of drug-likeness (QED) is 0.596. The van der Waals surface area contributed by atoms with Crippen LogP contribution in [0.3, 0.4) is 0 Å². The van der Waals surface area contributed by atoms with Crippen LogP contribution in [-0.4, -0.2) is 36.5 Å². The predicted octanol–water partition coefficient (Wildman–Crippen LogP) is 2.61. The van der Waals surface area contributed by atoms with Crippen LogP contribution in [0.15, 0.2) is 0 Å². The lowest BCUT2D eigenvalue weighted by molar-refractivity contribution is -0.150. The third-order valence-electron chi connectivity index (χ3n) is 3.07. The minimum Gasteiger partial charge on any atom is -0.465 e. The maximum atomic E-state index is 12.3. The molecule has 0 rings (SSSR count). The van der Waals surface area contributed by atoms with Crippen molar-refractivity contribution in [3.8, 4) is 0 Å². The van der Waals surface area contributed by atoms with Crippen molar-refractivity contribution in [2.45, 2.75) is 53.4 Å². The van der Waals surface area contributed by atoms with Crippen LogP contribution >= 0.6 is 0 Å². The number of hydrogen-bond acceptors (Lipinski definition) is 3. The first-order chi connectivity index (χ1) is 8.60. The van der Waals surface area contributed by atoms with Gasteiger partial charge in [-0.2, -0.15) is 0 Å². The SMILES string of the molecule is CCCCC(CC)C(=O)N(CC)CC(=O)OCC. The maximum absolute atomic E-state index is 12.3. The Morgan fingerprint density at radius 2 is 1.83 bits per heavy atom. The van der Waals surface area contributed by atoms with Crippen molar-refractivity contribution in [1.82, 2.24) is 4.90 Å². The van der Waals surface area contributed by atoms with Crippen molar-refractivity contribution in [3.05, 3.63) is 0 Å². The molecule has 1 atom stereocenters. The Morgan fingerprint density at radius 3 is 2.28 bits per heavy atom. The van der Waals surface area contributed by atoms with Crippen molar-refractivity contribution in [1.29, 1.82) is 0 Å². The Labute approximate surface area is 111 Å². The van der Waals surface area contributed by atoms with Gasteiger partial charge < -0.3 is 9.64 Å². The lowest BCUT2D eigenvalue weighted by Crippen LogP contribution is -2.40. The lowest BCUT2D eigenvalue weighted by Gasteiger charge is -2.24. The van der Waals surface area contributed by atoms with Gasteiger partial charge in [-0.1, -0.05) is 26.7 Å². The zero-order chi connectivity index (χ0) is 14.0. The molecule has 0 aliphatic rings. The summed E-state index contributed by atoms with van der Waals surface area (Å²) in [5, 5.41) is 0. The smallest absolute Gasteiger partial charge is 0.325 e. The first kappa shape index (κ1) is 16.9. The Kier molecular flexibility index (Phi) is 9.33. The van der Waals surface area contributed by atoms with Crippen LogP contribution < -0.4 is 0 Å². The number of likely N-dealkylation sites (N-methyl/N-ethyl adjacent to an activating group) is 1. The molecule has 0 saturated heterocycles. The summed E-state index contributed by atoms with van der Waals surface area (Å²) in [4.78, 5) is 25.3. The summed E-state index contributed by atoms with van der Waals surface area (Å²) in [7, 11) is 0. The highest BCUT2D eigenvalue weighted by Crippen LogP contribution is 2.15. The second-order valence-corrected chi connectivity index (χ2v) is 4.40. The van der Waals surface area contributed by atoms with E-state index in [0.717, 1.165) is 25.7 Å². The minimum absolute atomic E-state index is 0.0410. The average molecular weight is 257 g/mol. The fourth-order valence-corrected chi connectivity index (χ4v) is 1.92. The molecule has 18 heavy (non-hydrogen) atoms. The van der Waals surface area contributed by atoms with Crippen molar-refractivity contribution >= 4 is 11.9 Å². The molecule has 0 heterocycles. The standard InChI is InChI=1S/C14H27NO3/c1-5-9-10-12(6-2)14(17)15(7-3)11-13(16)18-8-4/h12H,5-11H2,1-4H3. The van der Waals surface area contributed by atoms with E-state index in [2.05, 4.69) is 6.92 Å². The monoisotopic (exact) mass is 257 g/mol. The summed E-state index contributed by atoms with van der Waals surface area (Å²) in [5.41, 5.74) is 0. The number of amides is 1. The third kappa shape index (κ3) is 6.03. The topological polar surface area (TPSA) is 46.6 Å². The van der Waals surface area contributed by atoms with E-state index in [1.54, 1.807) is 11.8 Å². The summed E-state index contributed by atoms with van der Waals surface area (Å²) >= 11 is 0. The van der Waals surface area contributed by atoms with Crippen LogP contribution in [0.4, 0.5) is 0 Å². The predicted molar refractivity (Wildman–Crippen MR) is 72.2 cm³/mol. The highest BCUT2D eigenvalue weighted by atomic mass is 16.5. The molecule has 4 nitrogen and oxygen atoms in total. The Morgan fingerprint density at radius 1 is 1.17 bits per heavy atom. The molecule has 1 amide bonds. The van der Waals surface area contributed by atoms with E-state index in [9.17, 15) is 9.59 Å². The molecule has 0 saturated carbocycles. The van der Waals surface area contributed by atoms with E-state index >= 15 is 0 Å². The number of carbonyl (C=O) groups excluding carboxylic acids is 2. The Balaban J connectivity index is 4.42. The number of rotatable bonds is 9. The van der Waals surface area contributed by atoms with Crippen LogP contribution in [0.2, 0.25) is 0 Å². The number of nitrogens with zero attached hydrogens (tertiary/aromatic N) is 1. The van der Waals surface area contributed by atoms with Gasteiger partial charge in [-0.15, -0.1) is 0 Å². The van der Waals surface area contributed by atoms with Crippen LogP contribution in [0.5, 0.6) is 0 Å². The lowest BCUT2D eigenvalue weighted by atomic mass is 9.98. The van der Waals surface area contributed by atoms with Gasteiger partial charge in [0, 0.05) is 12.5 Å². The largest absolute Gasteiger partial charge is 0.465 e. The van der Waals surface area contributed by atoms with Crippen molar-refractivity contribution < 1.29 is 14.3 Å². The molecular weight excluding hydrogens is 230 g/mol. The molecule has 1 unspecified atom stereocenters. The number of esters is 1. The molecule has 106 valence electrons. The van der Waals surface area contributed by atoms with E-state index in [4.69, 9.17) is 4.74 Å². The highest BCUT2D eigenvalue weighted by molar-refractivity contribution is 5.83. The van der Waals surface area contributed by atoms with Gasteiger partial charge in [0.1, 0.15) is 6.54 Å². The maximum Gasteiger partial charge on any atom is 0.325 e. The molecule has 0 aromatic carbocycles. The molecule has 0 N–H and O–H groups in total. The molecule has 0 radical (unpaired) electrons. The molecule has 0 aliphatic carbocycles. The molecular formula is C14H27NO3. The third-order valence-corrected chi connectivity index (χ3v) is 3.07. The molecule has 4 heteroatoms. The summed E-state index contributed by atoms with van der Waals surface area (Å²) in [6.45, 7) is 8.79. The normalized spacial score (nSPS) is 12.0. The van der Waals surface area contributed by atoms with Crippen molar-refractivity contribution in [2.75, 3.05) is 19.7 Å². The second kappa shape index (κ2) is 9.92.